The number of amides is 5. The van der Waals surface area contributed by atoms with Crippen LogP contribution in [0.1, 0.15) is 117 Å². The summed E-state index contributed by atoms with van der Waals surface area (Å²) in [5, 5.41) is 5.47. The summed E-state index contributed by atoms with van der Waals surface area (Å²) in [4.78, 5) is 68.3. The molecule has 2 aliphatic carbocycles. The third-order valence-corrected chi connectivity index (χ3v) is 6.49. The molecule has 3 aliphatic rings. The lowest BCUT2D eigenvalue weighted by Gasteiger charge is -2.36. The van der Waals surface area contributed by atoms with Gasteiger partial charge in [-0.25, -0.2) is 4.79 Å². The molecule has 38 heavy (non-hydrogen) atoms. The van der Waals surface area contributed by atoms with Crippen LogP contribution in [0.25, 0.3) is 0 Å². The molecule has 0 aromatic rings. The lowest BCUT2D eigenvalue weighted by Crippen LogP contribution is -2.60. The number of carbonyl (C=O) groups is 5. The van der Waals surface area contributed by atoms with Gasteiger partial charge >= 0.3 is 6.03 Å². The summed E-state index contributed by atoms with van der Waals surface area (Å²) in [5.74, 6) is -13.1. The number of fused-ring (bicyclic) bond motifs is 1. The predicted molar refractivity (Wildman–Crippen MR) is 144 cm³/mol. The van der Waals surface area contributed by atoms with E-state index in [1.807, 2.05) is 10.6 Å². The first-order valence-corrected chi connectivity index (χ1v) is 11.7. The van der Waals surface area contributed by atoms with Gasteiger partial charge in [0.25, 0.3) is 5.91 Å². The van der Waals surface area contributed by atoms with E-state index in [-0.39, 0.29) is 0 Å². The fourth-order valence-corrected chi connectivity index (χ4v) is 4.74. The minimum atomic E-state index is -3.93. The van der Waals surface area contributed by atoms with E-state index in [2.05, 4.69) is 0 Å². The van der Waals surface area contributed by atoms with Gasteiger partial charge in [-0.1, -0.05) is 53.6 Å². The van der Waals surface area contributed by atoms with Crippen LogP contribution in [-0.4, -0.2) is 64.6 Å². The fraction of sp³-hybridized carbons (Fsp3) is 0.821. The number of hydrogen-bond donors (Lipinski definition) is 4. The number of hydrogen-bond acceptors (Lipinski definition) is 5. The zero-order valence-corrected chi connectivity index (χ0v) is 21.1. The van der Waals surface area contributed by atoms with Crippen molar-refractivity contribution in [3.8, 4) is 0 Å². The zero-order chi connectivity index (χ0) is 47.6. The number of nitrogens with zero attached hydrogens (tertiary/aromatic N) is 1. The molecule has 1 heterocycles. The van der Waals surface area contributed by atoms with E-state index in [1.54, 1.807) is 0 Å². The van der Waals surface area contributed by atoms with Gasteiger partial charge in [0, 0.05) is 42.2 Å². The maximum Gasteiger partial charge on any atom is 0.315 e. The molecular weight excluding hydrogens is 486 g/mol. The molecule has 2 saturated carbocycles. The highest BCUT2D eigenvalue weighted by molar-refractivity contribution is 6.37. The Bertz CT molecular complexity index is 1690. The van der Waals surface area contributed by atoms with Crippen molar-refractivity contribution in [2.75, 3.05) is 6.54 Å². The monoisotopic (exact) mass is 555 g/mol. The summed E-state index contributed by atoms with van der Waals surface area (Å²) in [7, 11) is 0. The van der Waals surface area contributed by atoms with E-state index in [0.717, 1.165) is 0 Å². The first kappa shape index (κ1) is 11.8. The minimum absolute atomic E-state index is 0.457. The van der Waals surface area contributed by atoms with Crippen LogP contribution in [0.3, 0.4) is 0 Å². The molecule has 0 spiro atoms. The van der Waals surface area contributed by atoms with Crippen LogP contribution in [0, 0.1) is 28.6 Å². The molecule has 1 aliphatic heterocycles. The molecule has 214 valence electrons. The van der Waals surface area contributed by atoms with Crippen LogP contribution in [0.2, 0.25) is 0 Å². The van der Waals surface area contributed by atoms with Crippen molar-refractivity contribution in [1.29, 1.82) is 0 Å². The Morgan fingerprint density at radius 1 is 1.11 bits per heavy atom. The van der Waals surface area contributed by atoms with Crippen molar-refractivity contribution in [1.82, 2.24) is 20.9 Å². The predicted octanol–water partition coefficient (Wildman–Crippen LogP) is 2.10. The molecule has 0 bridgehead atoms. The Labute approximate surface area is 257 Å². The quantitative estimate of drug-likeness (QED) is 0.321. The molecule has 5 atom stereocenters. The van der Waals surface area contributed by atoms with Crippen LogP contribution >= 0.6 is 0 Å². The fourth-order valence-electron chi connectivity index (χ4n) is 4.74. The van der Waals surface area contributed by atoms with E-state index in [1.165, 1.54) is 26.1 Å². The van der Waals surface area contributed by atoms with Gasteiger partial charge in [0.1, 0.15) is 12.1 Å². The summed E-state index contributed by atoms with van der Waals surface area (Å²) >= 11 is 0. The summed E-state index contributed by atoms with van der Waals surface area (Å²) in [5.41, 5.74) is -2.51. The Kier molecular flexibility index (Phi) is 3.27. The molecule has 5 N–H and O–H groups in total. The maximum absolute atomic E-state index is 14.5. The number of Topliss-reactive ketones (excluding diaryl/α,β-unsaturated/α-hetero) is 1. The van der Waals surface area contributed by atoms with Gasteiger partial charge in [-0.2, -0.15) is 0 Å². The first-order valence-electron chi connectivity index (χ1n) is 22.7. The van der Waals surface area contributed by atoms with Crippen molar-refractivity contribution < 1.29 is 54.1 Å². The first-order chi connectivity index (χ1) is 26.2. The lowest BCUT2D eigenvalue weighted by atomic mass is 9.80. The number of likely N-dealkylation sites (tertiary alicyclic amines) is 1. The number of nitrogens with two attached hydrogens (primary N) is 1. The van der Waals surface area contributed by atoms with Crippen molar-refractivity contribution in [3.05, 3.63) is 0 Å². The van der Waals surface area contributed by atoms with Gasteiger partial charge in [0.2, 0.25) is 17.6 Å². The normalized spacial score (nSPS) is 40.9. The van der Waals surface area contributed by atoms with Crippen LogP contribution in [0.15, 0.2) is 0 Å². The van der Waals surface area contributed by atoms with Gasteiger partial charge in [0.05, 0.1) is 6.04 Å². The molecule has 10 heteroatoms. The Hall–Kier alpha value is -2.65. The highest BCUT2D eigenvalue weighted by Crippen LogP contribution is 2.65. The average molecular weight is 556 g/mol. The van der Waals surface area contributed by atoms with Crippen molar-refractivity contribution in [2.45, 2.75) is 111 Å². The lowest BCUT2D eigenvalue weighted by molar-refractivity contribution is -0.144. The molecule has 1 unspecified atom stereocenters. The molecule has 0 aromatic heterocycles. The number of urea groups is 1. The molecule has 0 radical (unpaired) electrons. The standard InChI is InChI=1S/C28H47N5O5/c1-26(2,3)13-18(31-25(38)32-27(4,5)6)24(37)33-14-16-19(28(16,7)8)20(33)23(36)30-17(21(34)22(29)35)12-15-10-9-11-15/h15-20H,9-14H2,1-8H3,(H2,29,35)(H,30,36)(H2,31,32,38)/t16-,17?,18-,19-,20-/m0/s1/i4D3,5D3,6D3,7D3,8D3,9D2,10D2,11D2,15D. The smallest absolute Gasteiger partial charge is 0.315 e. The van der Waals surface area contributed by atoms with Crippen LogP contribution in [0.4, 0.5) is 4.79 Å². The number of piperidine rings is 1. The van der Waals surface area contributed by atoms with Gasteiger partial charge in [-0.3, -0.25) is 19.2 Å². The highest BCUT2D eigenvalue weighted by Gasteiger charge is 2.69. The summed E-state index contributed by atoms with van der Waals surface area (Å²) in [6.07, 6.45) is -12.0. The SMILES string of the molecule is [2H]C([2H])([2H])C1(C([2H])([2H])[2H])[C@@H]2[C@@H](C(=O)NC(CC3([2H])C([2H])([2H])C([2H])([2H])C3([2H])[2H])C(=O)C(N)=O)N(C(=O)[C@H](CC(C)(C)C)NC(=O)NC(C([2H])([2H])[2H])(C([2H])([2H])[2H])C([2H])([2H])[2H])C[C@@H]21. The van der Waals surface area contributed by atoms with Gasteiger partial charge in [-0.05, 0) is 62.0 Å². The molecule has 3 rings (SSSR count). The molecule has 1 saturated heterocycles. The number of ketones is 1. The van der Waals surface area contributed by atoms with Crippen LogP contribution < -0.4 is 21.7 Å². The van der Waals surface area contributed by atoms with E-state index in [0.29, 0.717) is 4.90 Å². The third kappa shape index (κ3) is 6.86. The van der Waals surface area contributed by atoms with Gasteiger partial charge < -0.3 is 26.6 Å². The summed E-state index contributed by atoms with van der Waals surface area (Å²) in [6.45, 7) is -14.9. The number of carbonyl (C=O) groups excluding carboxylic acids is 5. The van der Waals surface area contributed by atoms with E-state index >= 15 is 0 Å². The zero-order valence-electron chi connectivity index (χ0n) is 43.1. The maximum atomic E-state index is 14.5. The number of primary amides is 1. The topological polar surface area (TPSA) is 151 Å². The Balaban J connectivity index is 2.19. The largest absolute Gasteiger partial charge is 0.363 e. The molecular formula is C28H47N5O5. The van der Waals surface area contributed by atoms with E-state index < -0.39 is 155 Å². The Morgan fingerprint density at radius 3 is 2.32 bits per heavy atom. The average Bonchev–Trinajstić information content (AvgIpc) is 3.53. The minimum Gasteiger partial charge on any atom is -0.363 e. The van der Waals surface area contributed by atoms with Crippen LogP contribution in [0.5, 0.6) is 0 Å². The van der Waals surface area contributed by atoms with Crippen molar-refractivity contribution in [3.63, 3.8) is 0 Å². The summed E-state index contributed by atoms with van der Waals surface area (Å²) < 4.78 is 176. The van der Waals surface area contributed by atoms with E-state index in [4.69, 9.17) is 35.9 Å². The second-order valence-electron chi connectivity index (χ2n) is 10.9. The second-order valence-corrected chi connectivity index (χ2v) is 10.9. The number of rotatable bonds is 9. The summed E-state index contributed by atoms with van der Waals surface area (Å²) in [6, 6.07) is -8.48. The van der Waals surface area contributed by atoms with Gasteiger partial charge in [-0.15, -0.1) is 0 Å². The third-order valence-electron chi connectivity index (χ3n) is 6.49. The highest BCUT2D eigenvalue weighted by atomic mass is 16.2. The molecule has 5 amide bonds. The second kappa shape index (κ2) is 10.5. The van der Waals surface area contributed by atoms with Gasteiger partial charge in [0.15, 0.2) is 0 Å². The van der Waals surface area contributed by atoms with Crippen LogP contribution in [-0.2, 0) is 19.2 Å². The van der Waals surface area contributed by atoms with E-state index in [9.17, 15) is 24.0 Å². The van der Waals surface area contributed by atoms with Crippen molar-refractivity contribution >= 4 is 29.5 Å². The molecule has 0 aromatic carbocycles. The molecule has 10 nitrogen and oxygen atoms in total. The van der Waals surface area contributed by atoms with Crippen molar-refractivity contribution in [2.24, 2.45) is 34.3 Å². The number of nitrogens with one attached hydrogen (secondary N) is 3. The Morgan fingerprint density at radius 2 is 1.76 bits per heavy atom. The molecule has 3 fully saturated rings.